The van der Waals surface area contributed by atoms with Crippen molar-refractivity contribution in [3.05, 3.63) is 137 Å². The van der Waals surface area contributed by atoms with E-state index in [-0.39, 0.29) is 11.5 Å². The number of hydrogen-bond donors (Lipinski definition) is 1. The second-order valence-corrected chi connectivity index (χ2v) is 8.43. The van der Waals surface area contributed by atoms with E-state index in [0.29, 0.717) is 12.1 Å². The third kappa shape index (κ3) is 6.92. The molecule has 0 unspecified atom stereocenters. The molecule has 0 saturated carbocycles. The number of allylic oxidation sites excluding steroid dienone is 1. The lowest BCUT2D eigenvalue weighted by Crippen LogP contribution is -2.22. The maximum atomic E-state index is 12.9. The van der Waals surface area contributed by atoms with Gasteiger partial charge in [0.1, 0.15) is 11.5 Å². The maximum absolute atomic E-state index is 12.9. The first kappa shape index (κ1) is 24.0. The van der Waals surface area contributed by atoms with Crippen molar-refractivity contribution in [3.8, 4) is 11.5 Å². The molecule has 4 heteroatoms. The third-order valence-corrected chi connectivity index (χ3v) is 5.80. The van der Waals surface area contributed by atoms with E-state index in [2.05, 4.69) is 29.2 Å². The van der Waals surface area contributed by atoms with Gasteiger partial charge in [-0.1, -0.05) is 78.9 Å². The molecule has 0 atom stereocenters. The Morgan fingerprint density at radius 3 is 1.97 bits per heavy atom. The highest BCUT2D eigenvalue weighted by molar-refractivity contribution is 6.07. The van der Waals surface area contributed by atoms with Crippen LogP contribution < -0.4 is 4.74 Å². The van der Waals surface area contributed by atoms with Crippen molar-refractivity contribution in [3.63, 3.8) is 0 Å². The Balaban J connectivity index is 1.52. The molecular weight excluding hydrogens is 434 g/mol. The Morgan fingerprint density at radius 2 is 1.40 bits per heavy atom. The number of hydrogen-bond acceptors (Lipinski definition) is 4. The van der Waals surface area contributed by atoms with Gasteiger partial charge in [-0.3, -0.25) is 9.69 Å². The number of ketones is 1. The summed E-state index contributed by atoms with van der Waals surface area (Å²) in [5.74, 6) is 0.846. The van der Waals surface area contributed by atoms with Crippen molar-refractivity contribution in [2.24, 2.45) is 0 Å². The van der Waals surface area contributed by atoms with Crippen LogP contribution >= 0.6 is 0 Å². The summed E-state index contributed by atoms with van der Waals surface area (Å²) in [6.07, 6.45) is 3.34. The molecule has 1 N–H and O–H groups in total. The van der Waals surface area contributed by atoms with Gasteiger partial charge in [-0.25, -0.2) is 0 Å². The highest BCUT2D eigenvalue weighted by Gasteiger charge is 2.13. The second kappa shape index (κ2) is 11.8. The van der Waals surface area contributed by atoms with E-state index in [9.17, 15) is 9.90 Å². The summed E-state index contributed by atoms with van der Waals surface area (Å²) in [6, 6.07) is 33.1. The van der Waals surface area contributed by atoms with Gasteiger partial charge in [0.05, 0.1) is 7.11 Å². The molecule has 4 aromatic rings. The number of phenolic OH excluding ortho intramolecular Hbond substituents is 1. The van der Waals surface area contributed by atoms with E-state index < -0.39 is 0 Å². The number of aromatic hydroxyl groups is 1. The van der Waals surface area contributed by atoms with Crippen LogP contribution in [0.4, 0.5) is 0 Å². The zero-order valence-electron chi connectivity index (χ0n) is 19.8. The zero-order chi connectivity index (χ0) is 24.5. The van der Waals surface area contributed by atoms with Gasteiger partial charge in [-0.05, 0) is 53.1 Å². The monoisotopic (exact) mass is 463 g/mol. The van der Waals surface area contributed by atoms with Crippen molar-refractivity contribution in [1.82, 2.24) is 4.90 Å². The molecule has 0 aliphatic rings. The van der Waals surface area contributed by atoms with Crippen LogP contribution in [0.1, 0.15) is 32.6 Å². The zero-order valence-corrected chi connectivity index (χ0v) is 19.8. The van der Waals surface area contributed by atoms with E-state index in [1.807, 2.05) is 60.7 Å². The van der Waals surface area contributed by atoms with E-state index in [1.54, 1.807) is 37.5 Å². The van der Waals surface area contributed by atoms with E-state index in [0.717, 1.165) is 30.0 Å². The Hall–Kier alpha value is -4.15. The van der Waals surface area contributed by atoms with Crippen LogP contribution in [0.25, 0.3) is 6.08 Å². The molecule has 0 saturated heterocycles. The normalized spacial score (nSPS) is 11.1. The summed E-state index contributed by atoms with van der Waals surface area (Å²) >= 11 is 0. The molecule has 4 rings (SSSR count). The summed E-state index contributed by atoms with van der Waals surface area (Å²) in [5.41, 5.74) is 4.56. The molecule has 0 radical (unpaired) electrons. The number of phenols is 1. The van der Waals surface area contributed by atoms with Crippen molar-refractivity contribution in [2.45, 2.75) is 19.6 Å². The summed E-state index contributed by atoms with van der Waals surface area (Å²) in [7, 11) is 1.62. The number of benzene rings is 4. The lowest BCUT2D eigenvalue weighted by atomic mass is 10.0. The molecule has 0 fully saturated rings. The van der Waals surface area contributed by atoms with Crippen LogP contribution in [0, 0.1) is 0 Å². The van der Waals surface area contributed by atoms with Gasteiger partial charge in [-0.2, -0.15) is 0 Å². The van der Waals surface area contributed by atoms with Crippen LogP contribution in [-0.4, -0.2) is 22.9 Å². The quantitative estimate of drug-likeness (QED) is 0.215. The van der Waals surface area contributed by atoms with Gasteiger partial charge in [0.25, 0.3) is 0 Å². The van der Waals surface area contributed by atoms with E-state index in [1.165, 1.54) is 11.1 Å². The molecule has 0 heterocycles. The number of carbonyl (C=O) groups is 1. The first-order chi connectivity index (χ1) is 17.1. The second-order valence-electron chi connectivity index (χ2n) is 8.43. The average molecular weight is 464 g/mol. The SMILES string of the molecule is COc1ccc(/C=C/C(=O)c2ccc(O)c(CN(Cc3ccccc3)Cc3ccccc3)c2)cc1. The first-order valence-corrected chi connectivity index (χ1v) is 11.6. The van der Waals surface area contributed by atoms with Gasteiger partial charge in [-0.15, -0.1) is 0 Å². The average Bonchev–Trinajstić information content (AvgIpc) is 2.90. The Bertz CT molecular complexity index is 1220. The topological polar surface area (TPSA) is 49.8 Å². The molecule has 0 spiro atoms. The molecule has 176 valence electrons. The largest absolute Gasteiger partial charge is 0.508 e. The minimum atomic E-state index is -0.111. The van der Waals surface area contributed by atoms with Crippen LogP contribution in [0.5, 0.6) is 11.5 Å². The first-order valence-electron chi connectivity index (χ1n) is 11.6. The van der Waals surface area contributed by atoms with Gasteiger partial charge in [0.2, 0.25) is 0 Å². The summed E-state index contributed by atoms with van der Waals surface area (Å²) < 4.78 is 5.18. The highest BCUT2D eigenvalue weighted by atomic mass is 16.5. The molecule has 4 nitrogen and oxygen atoms in total. The van der Waals surface area contributed by atoms with Crippen LogP contribution in [0.2, 0.25) is 0 Å². The molecule has 35 heavy (non-hydrogen) atoms. The minimum Gasteiger partial charge on any atom is -0.508 e. The van der Waals surface area contributed by atoms with E-state index in [4.69, 9.17) is 4.74 Å². The third-order valence-electron chi connectivity index (χ3n) is 5.80. The van der Waals surface area contributed by atoms with Crippen molar-refractivity contribution in [2.75, 3.05) is 7.11 Å². The summed E-state index contributed by atoms with van der Waals surface area (Å²) in [6.45, 7) is 1.97. The smallest absolute Gasteiger partial charge is 0.185 e. The molecule has 0 aliphatic carbocycles. The van der Waals surface area contributed by atoms with E-state index >= 15 is 0 Å². The standard InChI is InChI=1S/C31H29NO3/c1-35-29-16-12-24(13-17-29)14-18-30(33)27-15-19-31(34)28(20-27)23-32(21-25-8-4-2-5-9-25)22-26-10-6-3-7-11-26/h2-20,34H,21-23H2,1H3/b18-14+. The number of ether oxygens (including phenoxy) is 1. The number of methoxy groups -OCH3 is 1. The summed E-state index contributed by atoms with van der Waals surface area (Å²) in [4.78, 5) is 15.1. The molecule has 0 amide bonds. The lowest BCUT2D eigenvalue weighted by Gasteiger charge is -2.23. The fourth-order valence-corrected chi connectivity index (χ4v) is 3.94. The predicted octanol–water partition coefficient (Wildman–Crippen LogP) is 6.50. The molecule has 4 aromatic carbocycles. The van der Waals surface area contributed by atoms with Gasteiger partial charge in [0, 0.05) is 30.8 Å². The van der Waals surface area contributed by atoms with Gasteiger partial charge in [0.15, 0.2) is 5.78 Å². The van der Waals surface area contributed by atoms with Crippen LogP contribution in [0.15, 0.2) is 109 Å². The fourth-order valence-electron chi connectivity index (χ4n) is 3.94. The minimum absolute atomic E-state index is 0.111. The highest BCUT2D eigenvalue weighted by Crippen LogP contribution is 2.23. The molecular formula is C31H29NO3. The number of carbonyl (C=O) groups excluding carboxylic acids is 1. The van der Waals surface area contributed by atoms with Crippen LogP contribution in [-0.2, 0) is 19.6 Å². The van der Waals surface area contributed by atoms with Crippen molar-refractivity contribution >= 4 is 11.9 Å². The van der Waals surface area contributed by atoms with Crippen LogP contribution in [0.3, 0.4) is 0 Å². The molecule has 0 aliphatic heterocycles. The fraction of sp³-hybridized carbons (Fsp3) is 0.129. The molecule has 0 bridgehead atoms. The lowest BCUT2D eigenvalue weighted by molar-refractivity contribution is 0.104. The Labute approximate surface area is 206 Å². The Kier molecular flexibility index (Phi) is 8.10. The predicted molar refractivity (Wildman–Crippen MR) is 140 cm³/mol. The maximum Gasteiger partial charge on any atom is 0.185 e. The molecule has 0 aromatic heterocycles. The van der Waals surface area contributed by atoms with Crippen molar-refractivity contribution in [1.29, 1.82) is 0 Å². The van der Waals surface area contributed by atoms with Gasteiger partial charge < -0.3 is 9.84 Å². The van der Waals surface area contributed by atoms with Gasteiger partial charge >= 0.3 is 0 Å². The summed E-state index contributed by atoms with van der Waals surface area (Å²) in [5, 5.41) is 10.6. The Morgan fingerprint density at radius 1 is 0.800 bits per heavy atom. The number of nitrogens with zero attached hydrogens (tertiary/aromatic N) is 1. The van der Waals surface area contributed by atoms with Crippen molar-refractivity contribution < 1.29 is 14.6 Å². The number of rotatable bonds is 10.